The van der Waals surface area contributed by atoms with Crippen LogP contribution in [0.3, 0.4) is 0 Å². The van der Waals surface area contributed by atoms with Crippen LogP contribution in [0.2, 0.25) is 0 Å². The summed E-state index contributed by atoms with van der Waals surface area (Å²) in [7, 11) is 1.69. The van der Waals surface area contributed by atoms with Gasteiger partial charge in [0.15, 0.2) is 0 Å². The summed E-state index contributed by atoms with van der Waals surface area (Å²) in [5.41, 5.74) is 1.29. The van der Waals surface area contributed by atoms with E-state index in [-0.39, 0.29) is 0 Å². The maximum Gasteiger partial charge on any atom is 0.106 e. The predicted octanol–water partition coefficient (Wildman–Crippen LogP) is 10.8. The second-order valence-corrected chi connectivity index (χ2v) is 9.76. The molecule has 0 N–H and O–H groups in total. The van der Waals surface area contributed by atoms with E-state index in [1.807, 2.05) is 0 Å². The van der Waals surface area contributed by atoms with Crippen molar-refractivity contribution in [3.8, 4) is 0 Å². The van der Waals surface area contributed by atoms with Crippen LogP contribution < -0.4 is 0 Å². The highest BCUT2D eigenvalue weighted by molar-refractivity contribution is 5.83. The molecule has 0 bridgehead atoms. The molecule has 0 saturated carbocycles. The highest BCUT2D eigenvalue weighted by Crippen LogP contribution is 2.15. The fraction of sp³-hybridized carbons (Fsp3) is 0.966. The molecule has 0 aliphatic rings. The molecular formula is C29H59NO. The van der Waals surface area contributed by atoms with Crippen LogP contribution in [0.4, 0.5) is 0 Å². The highest BCUT2D eigenvalue weighted by atomic mass is 16.6. The molecule has 0 unspecified atom stereocenters. The van der Waals surface area contributed by atoms with Gasteiger partial charge >= 0.3 is 0 Å². The van der Waals surface area contributed by atoms with Crippen LogP contribution >= 0.6 is 0 Å². The third kappa shape index (κ3) is 25.6. The van der Waals surface area contributed by atoms with Crippen molar-refractivity contribution in [2.75, 3.05) is 7.11 Å². The molecule has 0 rings (SSSR count). The zero-order chi connectivity index (χ0) is 22.7. The van der Waals surface area contributed by atoms with E-state index in [1.165, 1.54) is 153 Å². The Hall–Kier alpha value is -0.530. The monoisotopic (exact) mass is 437 g/mol. The van der Waals surface area contributed by atoms with E-state index in [4.69, 9.17) is 4.84 Å². The average molecular weight is 438 g/mol. The first-order valence-electron chi connectivity index (χ1n) is 14.4. The van der Waals surface area contributed by atoms with Crippen LogP contribution in [0.1, 0.15) is 174 Å². The van der Waals surface area contributed by atoms with Gasteiger partial charge < -0.3 is 4.84 Å². The normalized spacial score (nSPS) is 11.9. The molecule has 0 aliphatic carbocycles. The Labute approximate surface area is 197 Å². The summed E-state index contributed by atoms with van der Waals surface area (Å²) in [6.07, 6.45) is 34.7. The minimum absolute atomic E-state index is 1.14. The average Bonchev–Trinajstić information content (AvgIpc) is 2.78. The lowest BCUT2D eigenvalue weighted by Gasteiger charge is -2.07. The zero-order valence-electron chi connectivity index (χ0n) is 22.0. The topological polar surface area (TPSA) is 21.6 Å². The second-order valence-electron chi connectivity index (χ2n) is 9.76. The Balaban J connectivity index is 3.36. The number of oxime groups is 1. The van der Waals surface area contributed by atoms with Crippen molar-refractivity contribution in [2.24, 2.45) is 5.16 Å². The number of unbranched alkanes of at least 4 members (excludes halogenated alkanes) is 21. The molecule has 0 spiro atoms. The summed E-state index contributed by atoms with van der Waals surface area (Å²) in [6, 6.07) is 0. The standard InChI is InChI=1S/C29H59NO/c1-4-6-8-10-12-13-14-15-16-17-18-19-20-22-24-26-28-29(30-31-3)27-25-23-21-11-9-7-5-2/h4-28H2,1-3H3. The molecule has 0 saturated heterocycles. The Morgan fingerprint density at radius 1 is 0.419 bits per heavy atom. The first-order chi connectivity index (χ1) is 15.3. The third-order valence-electron chi connectivity index (χ3n) is 6.61. The molecule has 0 aromatic carbocycles. The number of rotatable bonds is 26. The van der Waals surface area contributed by atoms with Crippen molar-refractivity contribution < 1.29 is 4.84 Å². The van der Waals surface area contributed by atoms with Crippen molar-refractivity contribution >= 4 is 5.71 Å². The van der Waals surface area contributed by atoms with Gasteiger partial charge in [-0.1, -0.05) is 154 Å². The minimum atomic E-state index is 1.14. The van der Waals surface area contributed by atoms with Crippen molar-refractivity contribution in [1.82, 2.24) is 0 Å². The molecule has 0 heterocycles. The van der Waals surface area contributed by atoms with Gasteiger partial charge in [-0.2, -0.15) is 0 Å². The highest BCUT2D eigenvalue weighted by Gasteiger charge is 2.02. The molecule has 2 nitrogen and oxygen atoms in total. The van der Waals surface area contributed by atoms with Gasteiger partial charge in [-0.05, 0) is 25.7 Å². The van der Waals surface area contributed by atoms with E-state index >= 15 is 0 Å². The lowest BCUT2D eigenvalue weighted by molar-refractivity contribution is 0.211. The lowest BCUT2D eigenvalue weighted by Crippen LogP contribution is -2.00. The van der Waals surface area contributed by atoms with E-state index in [1.54, 1.807) is 7.11 Å². The van der Waals surface area contributed by atoms with Gasteiger partial charge in [0.1, 0.15) is 7.11 Å². The van der Waals surface area contributed by atoms with Crippen LogP contribution in [-0.2, 0) is 4.84 Å². The van der Waals surface area contributed by atoms with Crippen molar-refractivity contribution in [2.45, 2.75) is 174 Å². The van der Waals surface area contributed by atoms with Gasteiger partial charge in [0.2, 0.25) is 0 Å². The van der Waals surface area contributed by atoms with Crippen molar-refractivity contribution in [3.63, 3.8) is 0 Å². The van der Waals surface area contributed by atoms with Gasteiger partial charge in [-0.15, -0.1) is 0 Å². The van der Waals surface area contributed by atoms with Gasteiger partial charge in [-0.3, -0.25) is 0 Å². The summed E-state index contributed by atoms with van der Waals surface area (Å²) in [6.45, 7) is 4.58. The first-order valence-corrected chi connectivity index (χ1v) is 14.4. The van der Waals surface area contributed by atoms with Crippen LogP contribution in [0, 0.1) is 0 Å². The quantitative estimate of drug-likeness (QED) is 0.0748. The summed E-state index contributed by atoms with van der Waals surface area (Å²) < 4.78 is 0. The van der Waals surface area contributed by atoms with E-state index in [2.05, 4.69) is 19.0 Å². The molecule has 0 radical (unpaired) electrons. The zero-order valence-corrected chi connectivity index (χ0v) is 22.0. The number of nitrogens with zero attached hydrogens (tertiary/aromatic N) is 1. The second kappa shape index (κ2) is 27.5. The van der Waals surface area contributed by atoms with Crippen molar-refractivity contribution in [3.05, 3.63) is 0 Å². The molecule has 0 aromatic heterocycles. The van der Waals surface area contributed by atoms with Gasteiger partial charge in [-0.25, -0.2) is 0 Å². The Bertz CT molecular complexity index is 353. The van der Waals surface area contributed by atoms with Gasteiger partial charge in [0, 0.05) is 0 Å². The Kier molecular flexibility index (Phi) is 27.0. The molecule has 0 fully saturated rings. The molecular weight excluding hydrogens is 378 g/mol. The molecule has 0 aliphatic heterocycles. The van der Waals surface area contributed by atoms with Crippen LogP contribution in [0.15, 0.2) is 5.16 Å². The molecule has 0 amide bonds. The fourth-order valence-electron chi connectivity index (χ4n) is 4.51. The van der Waals surface area contributed by atoms with E-state index in [0.29, 0.717) is 0 Å². The van der Waals surface area contributed by atoms with E-state index < -0.39 is 0 Å². The van der Waals surface area contributed by atoms with Crippen molar-refractivity contribution in [1.29, 1.82) is 0 Å². The Morgan fingerprint density at radius 3 is 0.935 bits per heavy atom. The van der Waals surface area contributed by atoms with Crippen LogP contribution in [0.5, 0.6) is 0 Å². The molecule has 186 valence electrons. The van der Waals surface area contributed by atoms with Crippen LogP contribution in [-0.4, -0.2) is 12.8 Å². The summed E-state index contributed by atoms with van der Waals surface area (Å²) in [5.74, 6) is 0. The van der Waals surface area contributed by atoms with E-state index in [0.717, 1.165) is 12.8 Å². The first kappa shape index (κ1) is 30.5. The van der Waals surface area contributed by atoms with Gasteiger partial charge in [0.05, 0.1) is 5.71 Å². The third-order valence-corrected chi connectivity index (χ3v) is 6.61. The molecule has 0 atom stereocenters. The van der Waals surface area contributed by atoms with Gasteiger partial charge in [0.25, 0.3) is 0 Å². The number of hydrogen-bond donors (Lipinski definition) is 0. The maximum absolute atomic E-state index is 5.08. The molecule has 2 heteroatoms. The SMILES string of the molecule is CCCCCCCCCCCCCCCCCCC(CCCCCCCCC)=NOC. The molecule has 0 aromatic rings. The largest absolute Gasteiger partial charge is 0.399 e. The number of hydrogen-bond acceptors (Lipinski definition) is 2. The summed E-state index contributed by atoms with van der Waals surface area (Å²) in [4.78, 5) is 5.08. The Morgan fingerprint density at radius 2 is 0.677 bits per heavy atom. The lowest BCUT2D eigenvalue weighted by atomic mass is 10.0. The maximum atomic E-state index is 5.08. The van der Waals surface area contributed by atoms with E-state index in [9.17, 15) is 0 Å². The summed E-state index contributed by atoms with van der Waals surface area (Å²) in [5, 5.41) is 4.30. The fourth-order valence-corrected chi connectivity index (χ4v) is 4.51. The van der Waals surface area contributed by atoms with Crippen LogP contribution in [0.25, 0.3) is 0 Å². The summed E-state index contributed by atoms with van der Waals surface area (Å²) >= 11 is 0. The minimum Gasteiger partial charge on any atom is -0.399 e. The predicted molar refractivity (Wildman–Crippen MR) is 141 cm³/mol. The molecule has 31 heavy (non-hydrogen) atoms. The smallest absolute Gasteiger partial charge is 0.106 e.